The van der Waals surface area contributed by atoms with Crippen molar-refractivity contribution in [1.29, 1.82) is 0 Å². The summed E-state index contributed by atoms with van der Waals surface area (Å²) >= 11 is 0. The lowest BCUT2D eigenvalue weighted by atomic mass is 9.93. The number of nitrogens with zero attached hydrogens (tertiary/aromatic N) is 5. The Morgan fingerprint density at radius 1 is 1.19 bits per heavy atom. The van der Waals surface area contributed by atoms with Crippen LogP contribution >= 0.6 is 0 Å². The van der Waals surface area contributed by atoms with Crippen LogP contribution in [0.25, 0.3) is 27.9 Å². The van der Waals surface area contributed by atoms with Crippen molar-refractivity contribution < 1.29 is 4.74 Å². The summed E-state index contributed by atoms with van der Waals surface area (Å²) in [7, 11) is 1.79. The minimum absolute atomic E-state index is 0.387. The predicted octanol–water partition coefficient (Wildman–Crippen LogP) is 3.04. The third kappa shape index (κ3) is 3.02. The number of hydrogen-bond donors (Lipinski definition) is 2. The van der Waals surface area contributed by atoms with Crippen molar-refractivity contribution in [1.82, 2.24) is 29.5 Å². The number of aromatic amines is 1. The average Bonchev–Trinajstić information content (AvgIpc) is 3.34. The predicted molar refractivity (Wildman–Crippen MR) is 103 cm³/mol. The molecule has 8 heteroatoms. The molecule has 1 saturated carbocycles. The molecule has 1 aliphatic rings. The van der Waals surface area contributed by atoms with Crippen LogP contribution in [0.15, 0.2) is 36.9 Å². The first-order valence-electron chi connectivity index (χ1n) is 9.24. The first kappa shape index (κ1) is 16.2. The molecule has 1 fully saturated rings. The van der Waals surface area contributed by atoms with Gasteiger partial charge in [-0.2, -0.15) is 10.1 Å². The number of H-pyrrole nitrogens is 1. The van der Waals surface area contributed by atoms with Crippen molar-refractivity contribution in [2.45, 2.75) is 37.8 Å². The number of hydrogen-bond acceptors (Lipinski definition) is 6. The molecule has 0 aliphatic heterocycles. The molecule has 1 aliphatic carbocycles. The van der Waals surface area contributed by atoms with Gasteiger partial charge in [0.1, 0.15) is 5.65 Å². The Labute approximate surface area is 156 Å². The zero-order chi connectivity index (χ0) is 18.2. The maximum atomic E-state index is 5.44. The van der Waals surface area contributed by atoms with Gasteiger partial charge in [0.25, 0.3) is 0 Å². The van der Waals surface area contributed by atoms with E-state index >= 15 is 0 Å². The number of anilines is 1. The second-order valence-corrected chi connectivity index (χ2v) is 6.96. The highest BCUT2D eigenvalue weighted by atomic mass is 16.5. The molecular weight excluding hydrogens is 342 g/mol. The lowest BCUT2D eigenvalue weighted by Crippen LogP contribution is -2.29. The molecule has 27 heavy (non-hydrogen) atoms. The van der Waals surface area contributed by atoms with Gasteiger partial charge in [0.2, 0.25) is 5.95 Å². The molecule has 4 heterocycles. The standard InChI is InChI=1S/C19H21N7O/c1-27-13-4-2-12(3-5-13)23-19-21-11-15-14(10-20-18(15)25-19)16-7-9-26-17(24-16)6-8-22-26/h6-13H,2-5H2,1H3,(H2,20,21,23,25). The number of ether oxygens (including phenoxy) is 1. The number of methoxy groups -OCH3 is 1. The van der Waals surface area contributed by atoms with Crippen LogP contribution in [0.5, 0.6) is 0 Å². The smallest absolute Gasteiger partial charge is 0.224 e. The topological polar surface area (TPSA) is 93.0 Å². The maximum absolute atomic E-state index is 5.44. The first-order valence-corrected chi connectivity index (χ1v) is 9.24. The minimum Gasteiger partial charge on any atom is -0.381 e. The zero-order valence-corrected chi connectivity index (χ0v) is 15.1. The summed E-state index contributed by atoms with van der Waals surface area (Å²) in [6.45, 7) is 0. The third-order valence-electron chi connectivity index (χ3n) is 5.31. The molecular formula is C19H21N7O. The van der Waals surface area contributed by atoms with E-state index in [1.165, 1.54) is 0 Å². The van der Waals surface area contributed by atoms with E-state index in [1.807, 2.05) is 30.7 Å². The highest BCUT2D eigenvalue weighted by Gasteiger charge is 2.21. The van der Waals surface area contributed by atoms with Gasteiger partial charge in [-0.15, -0.1) is 0 Å². The van der Waals surface area contributed by atoms with Gasteiger partial charge >= 0.3 is 0 Å². The Morgan fingerprint density at radius 2 is 2.07 bits per heavy atom. The normalized spacial score (nSPS) is 20.3. The van der Waals surface area contributed by atoms with Crippen molar-refractivity contribution in [3.05, 3.63) is 36.9 Å². The molecule has 5 rings (SSSR count). The van der Waals surface area contributed by atoms with Crippen molar-refractivity contribution in [3.8, 4) is 11.3 Å². The van der Waals surface area contributed by atoms with E-state index in [0.29, 0.717) is 18.1 Å². The summed E-state index contributed by atoms with van der Waals surface area (Å²) in [6, 6.07) is 4.23. The van der Waals surface area contributed by atoms with Gasteiger partial charge in [-0.05, 0) is 31.7 Å². The van der Waals surface area contributed by atoms with Crippen LogP contribution < -0.4 is 5.32 Å². The summed E-state index contributed by atoms with van der Waals surface area (Å²) < 4.78 is 7.18. The highest BCUT2D eigenvalue weighted by molar-refractivity contribution is 5.92. The molecule has 0 radical (unpaired) electrons. The van der Waals surface area contributed by atoms with Crippen LogP contribution in [0.4, 0.5) is 5.95 Å². The molecule has 8 nitrogen and oxygen atoms in total. The Bertz CT molecular complexity index is 1080. The molecule has 0 aromatic carbocycles. The van der Waals surface area contributed by atoms with E-state index in [-0.39, 0.29) is 0 Å². The number of rotatable bonds is 4. The summed E-state index contributed by atoms with van der Waals surface area (Å²) in [5.74, 6) is 0.663. The Morgan fingerprint density at radius 3 is 2.93 bits per heavy atom. The van der Waals surface area contributed by atoms with Gasteiger partial charge in [-0.25, -0.2) is 14.5 Å². The summed E-state index contributed by atoms with van der Waals surface area (Å²) in [6.07, 6.45) is 12.1. The van der Waals surface area contributed by atoms with Gasteiger partial charge in [-0.1, -0.05) is 0 Å². The largest absolute Gasteiger partial charge is 0.381 e. The molecule has 0 saturated heterocycles. The fourth-order valence-corrected chi connectivity index (χ4v) is 3.78. The van der Waals surface area contributed by atoms with Gasteiger partial charge in [0.15, 0.2) is 5.65 Å². The van der Waals surface area contributed by atoms with Gasteiger partial charge in [0.05, 0.1) is 18.0 Å². The fourth-order valence-electron chi connectivity index (χ4n) is 3.78. The first-order chi connectivity index (χ1) is 13.3. The number of fused-ring (bicyclic) bond motifs is 2. The Balaban J connectivity index is 1.39. The van der Waals surface area contributed by atoms with Crippen LogP contribution in [0.2, 0.25) is 0 Å². The summed E-state index contributed by atoms with van der Waals surface area (Å²) in [4.78, 5) is 17.1. The third-order valence-corrected chi connectivity index (χ3v) is 5.31. The molecule has 4 aromatic heterocycles. The maximum Gasteiger partial charge on any atom is 0.224 e. The van der Waals surface area contributed by atoms with E-state index in [1.54, 1.807) is 17.8 Å². The van der Waals surface area contributed by atoms with Gasteiger partial charge < -0.3 is 15.0 Å². The summed E-state index contributed by atoms with van der Waals surface area (Å²) in [5, 5.41) is 8.61. The van der Waals surface area contributed by atoms with Gasteiger partial charge in [0, 0.05) is 48.8 Å². The lowest BCUT2D eigenvalue weighted by Gasteiger charge is -2.28. The van der Waals surface area contributed by atoms with Crippen LogP contribution in [-0.2, 0) is 4.74 Å². The fraction of sp³-hybridized carbons (Fsp3) is 0.368. The molecule has 0 unspecified atom stereocenters. The second kappa shape index (κ2) is 6.62. The van der Waals surface area contributed by atoms with Crippen molar-refractivity contribution >= 4 is 22.6 Å². The van der Waals surface area contributed by atoms with Crippen molar-refractivity contribution in [3.63, 3.8) is 0 Å². The molecule has 0 spiro atoms. The van der Waals surface area contributed by atoms with E-state index in [4.69, 9.17) is 4.74 Å². The highest BCUT2D eigenvalue weighted by Crippen LogP contribution is 2.27. The molecule has 138 valence electrons. The van der Waals surface area contributed by atoms with E-state index in [0.717, 1.165) is 53.6 Å². The molecule has 2 N–H and O–H groups in total. The second-order valence-electron chi connectivity index (χ2n) is 6.96. The molecule has 0 amide bonds. The van der Waals surface area contributed by atoms with Gasteiger partial charge in [-0.3, -0.25) is 0 Å². The molecule has 0 bridgehead atoms. The van der Waals surface area contributed by atoms with Crippen molar-refractivity contribution in [2.24, 2.45) is 0 Å². The van der Waals surface area contributed by atoms with Crippen LogP contribution in [0.1, 0.15) is 25.7 Å². The van der Waals surface area contributed by atoms with Crippen molar-refractivity contribution in [2.75, 3.05) is 12.4 Å². The monoisotopic (exact) mass is 363 g/mol. The Kier molecular flexibility index (Phi) is 3.97. The lowest BCUT2D eigenvalue weighted by molar-refractivity contribution is 0.0681. The van der Waals surface area contributed by atoms with E-state index in [9.17, 15) is 0 Å². The molecule has 0 atom stereocenters. The number of nitrogens with one attached hydrogen (secondary N) is 2. The van der Waals surface area contributed by atoms with E-state index < -0.39 is 0 Å². The SMILES string of the molecule is COC1CCC(Nc2ncc3c(-c4ccn5nccc5n4)c[nH]c3n2)CC1. The summed E-state index contributed by atoms with van der Waals surface area (Å²) in [5.41, 5.74) is 3.48. The zero-order valence-electron chi connectivity index (χ0n) is 15.1. The average molecular weight is 363 g/mol. The van der Waals surface area contributed by atoms with Crippen LogP contribution in [0.3, 0.4) is 0 Å². The molecule has 4 aromatic rings. The van der Waals surface area contributed by atoms with Crippen LogP contribution in [0, 0.1) is 0 Å². The quantitative estimate of drug-likeness (QED) is 0.579. The number of aromatic nitrogens is 6. The minimum atomic E-state index is 0.387. The van der Waals surface area contributed by atoms with Crippen LogP contribution in [-0.4, -0.2) is 48.8 Å². The van der Waals surface area contributed by atoms with E-state index in [2.05, 4.69) is 30.4 Å². The Hall–Kier alpha value is -3.00.